The Hall–Kier alpha value is -2.01. The topological polar surface area (TPSA) is 73.1 Å². The van der Waals surface area contributed by atoms with Gasteiger partial charge >= 0.3 is 0 Å². The van der Waals surface area contributed by atoms with E-state index >= 15 is 0 Å². The first-order valence-corrected chi connectivity index (χ1v) is 7.20. The number of nitrogen functional groups attached to an aromatic ring is 1. The molecule has 1 aromatic carbocycles. The van der Waals surface area contributed by atoms with Crippen LogP contribution in [0.1, 0.15) is 24.7 Å². The van der Waals surface area contributed by atoms with Crippen molar-refractivity contribution in [3.8, 4) is 5.88 Å². The van der Waals surface area contributed by atoms with Crippen LogP contribution < -0.4 is 15.8 Å². The average Bonchev–Trinajstić information content (AvgIpc) is 2.49. The number of anilines is 2. The molecule has 3 N–H and O–H groups in total. The number of aryl methyl sites for hydroxylation is 1. The molecular formula is C15H19ClN4O. The summed E-state index contributed by atoms with van der Waals surface area (Å²) < 4.78 is 5.21. The summed E-state index contributed by atoms with van der Waals surface area (Å²) in [6.45, 7) is 2.68. The molecule has 0 saturated heterocycles. The molecule has 1 heterocycles. The largest absolute Gasteiger partial charge is 0.479 e. The predicted octanol–water partition coefficient (Wildman–Crippen LogP) is 3.29. The smallest absolute Gasteiger partial charge is 0.242 e. The molecular weight excluding hydrogens is 288 g/mol. The lowest BCUT2D eigenvalue weighted by Gasteiger charge is -2.12. The molecule has 0 spiro atoms. The van der Waals surface area contributed by atoms with Gasteiger partial charge in [-0.25, -0.2) is 4.98 Å². The molecule has 0 aliphatic carbocycles. The molecule has 6 heteroatoms. The van der Waals surface area contributed by atoms with Gasteiger partial charge in [0, 0.05) is 18.0 Å². The van der Waals surface area contributed by atoms with Crippen molar-refractivity contribution in [1.82, 2.24) is 9.97 Å². The van der Waals surface area contributed by atoms with Crippen molar-refractivity contribution in [3.63, 3.8) is 0 Å². The Morgan fingerprint density at radius 2 is 1.95 bits per heavy atom. The zero-order valence-electron chi connectivity index (χ0n) is 12.2. The third-order valence-corrected chi connectivity index (χ3v) is 3.25. The second-order valence-electron chi connectivity index (χ2n) is 4.64. The Morgan fingerprint density at radius 1 is 1.24 bits per heavy atom. The highest BCUT2D eigenvalue weighted by atomic mass is 35.5. The molecule has 0 radical (unpaired) electrons. The van der Waals surface area contributed by atoms with Gasteiger partial charge in [-0.05, 0) is 24.1 Å². The van der Waals surface area contributed by atoms with E-state index in [9.17, 15) is 0 Å². The molecule has 112 valence electrons. The second kappa shape index (κ2) is 7.13. The SMILES string of the molecule is CCCc1nc(NCc2ccc(Cl)cc2)c(N)c(OC)n1. The third-order valence-electron chi connectivity index (χ3n) is 3.00. The van der Waals surface area contributed by atoms with Crippen LogP contribution in [0.3, 0.4) is 0 Å². The average molecular weight is 307 g/mol. The van der Waals surface area contributed by atoms with Crippen LogP contribution in [0.5, 0.6) is 5.88 Å². The Kier molecular flexibility index (Phi) is 5.22. The van der Waals surface area contributed by atoms with E-state index in [0.29, 0.717) is 29.0 Å². The summed E-state index contributed by atoms with van der Waals surface area (Å²) in [5, 5.41) is 3.94. The molecule has 0 fully saturated rings. The number of methoxy groups -OCH3 is 1. The van der Waals surface area contributed by atoms with Gasteiger partial charge in [-0.1, -0.05) is 30.7 Å². The number of nitrogens with zero attached hydrogens (tertiary/aromatic N) is 2. The van der Waals surface area contributed by atoms with Crippen molar-refractivity contribution >= 4 is 23.1 Å². The van der Waals surface area contributed by atoms with Gasteiger partial charge < -0.3 is 15.8 Å². The molecule has 2 rings (SSSR count). The molecule has 0 saturated carbocycles. The first-order chi connectivity index (χ1) is 10.1. The number of halogens is 1. The lowest BCUT2D eigenvalue weighted by Crippen LogP contribution is -2.10. The maximum absolute atomic E-state index is 6.01. The van der Waals surface area contributed by atoms with Gasteiger partial charge in [-0.15, -0.1) is 0 Å². The quantitative estimate of drug-likeness (QED) is 0.856. The molecule has 21 heavy (non-hydrogen) atoms. The van der Waals surface area contributed by atoms with Gasteiger partial charge in [0.2, 0.25) is 5.88 Å². The van der Waals surface area contributed by atoms with Crippen molar-refractivity contribution in [1.29, 1.82) is 0 Å². The highest BCUT2D eigenvalue weighted by Gasteiger charge is 2.11. The zero-order valence-corrected chi connectivity index (χ0v) is 12.9. The molecule has 0 atom stereocenters. The van der Waals surface area contributed by atoms with Crippen molar-refractivity contribution in [3.05, 3.63) is 40.7 Å². The van der Waals surface area contributed by atoms with Crippen LogP contribution in [-0.4, -0.2) is 17.1 Å². The number of nitrogens with one attached hydrogen (secondary N) is 1. The zero-order chi connectivity index (χ0) is 15.2. The van der Waals surface area contributed by atoms with Crippen molar-refractivity contribution in [2.24, 2.45) is 0 Å². The monoisotopic (exact) mass is 306 g/mol. The van der Waals surface area contributed by atoms with E-state index in [-0.39, 0.29) is 0 Å². The third kappa shape index (κ3) is 3.98. The maximum Gasteiger partial charge on any atom is 0.242 e. The number of aromatic nitrogens is 2. The summed E-state index contributed by atoms with van der Waals surface area (Å²) in [4.78, 5) is 8.74. The number of benzene rings is 1. The van der Waals surface area contributed by atoms with Crippen LogP contribution in [0, 0.1) is 0 Å². The van der Waals surface area contributed by atoms with E-state index in [1.165, 1.54) is 0 Å². The van der Waals surface area contributed by atoms with Crippen LogP contribution in [0.2, 0.25) is 5.02 Å². The summed E-state index contributed by atoms with van der Waals surface area (Å²) in [6, 6.07) is 7.61. The van der Waals surface area contributed by atoms with Gasteiger partial charge in [0.1, 0.15) is 11.5 Å². The van der Waals surface area contributed by atoms with E-state index in [2.05, 4.69) is 22.2 Å². The fraction of sp³-hybridized carbons (Fsp3) is 0.333. The number of nitrogens with two attached hydrogens (primary N) is 1. The molecule has 1 aromatic heterocycles. The molecule has 0 bridgehead atoms. The van der Waals surface area contributed by atoms with Gasteiger partial charge in [0.05, 0.1) is 7.11 Å². The summed E-state index contributed by atoms with van der Waals surface area (Å²) in [7, 11) is 1.55. The fourth-order valence-corrected chi connectivity index (χ4v) is 2.03. The van der Waals surface area contributed by atoms with Crippen LogP contribution in [0.25, 0.3) is 0 Å². The number of hydrogen-bond donors (Lipinski definition) is 2. The molecule has 0 aliphatic rings. The predicted molar refractivity (Wildman–Crippen MR) is 85.8 cm³/mol. The fourth-order valence-electron chi connectivity index (χ4n) is 1.91. The highest BCUT2D eigenvalue weighted by Crippen LogP contribution is 2.26. The van der Waals surface area contributed by atoms with Crippen LogP contribution in [0.4, 0.5) is 11.5 Å². The van der Waals surface area contributed by atoms with E-state index in [1.54, 1.807) is 7.11 Å². The number of hydrogen-bond acceptors (Lipinski definition) is 5. The Bertz CT molecular complexity index is 601. The van der Waals surface area contributed by atoms with Crippen LogP contribution in [0.15, 0.2) is 24.3 Å². The van der Waals surface area contributed by atoms with E-state index < -0.39 is 0 Å². The lowest BCUT2D eigenvalue weighted by atomic mass is 10.2. The minimum absolute atomic E-state index is 0.409. The van der Waals surface area contributed by atoms with Crippen molar-refractivity contribution < 1.29 is 4.74 Å². The first kappa shape index (κ1) is 15.4. The summed E-state index contributed by atoms with van der Waals surface area (Å²) in [6.07, 6.45) is 1.75. The van der Waals surface area contributed by atoms with Gasteiger partial charge in [-0.2, -0.15) is 4.98 Å². The maximum atomic E-state index is 6.01. The lowest BCUT2D eigenvalue weighted by molar-refractivity contribution is 0.397. The Morgan fingerprint density at radius 3 is 2.57 bits per heavy atom. The van der Waals surface area contributed by atoms with Gasteiger partial charge in [0.15, 0.2) is 5.82 Å². The molecule has 0 aliphatic heterocycles. The standard InChI is InChI=1S/C15H19ClN4O/c1-3-4-12-19-14(13(17)15(20-12)21-2)18-9-10-5-7-11(16)8-6-10/h5-8H,3-4,9,17H2,1-2H3,(H,18,19,20). The molecule has 0 amide bonds. The van der Waals surface area contributed by atoms with Crippen LogP contribution >= 0.6 is 11.6 Å². The number of rotatable bonds is 6. The number of ether oxygens (including phenoxy) is 1. The van der Waals surface area contributed by atoms with E-state index in [4.69, 9.17) is 22.1 Å². The van der Waals surface area contributed by atoms with Crippen molar-refractivity contribution in [2.45, 2.75) is 26.3 Å². The van der Waals surface area contributed by atoms with E-state index in [1.807, 2.05) is 24.3 Å². The molecule has 2 aromatic rings. The van der Waals surface area contributed by atoms with Gasteiger partial charge in [-0.3, -0.25) is 0 Å². The minimum atomic E-state index is 0.409. The summed E-state index contributed by atoms with van der Waals surface area (Å²) in [5.41, 5.74) is 7.53. The minimum Gasteiger partial charge on any atom is -0.479 e. The molecule has 5 nitrogen and oxygen atoms in total. The summed E-state index contributed by atoms with van der Waals surface area (Å²) in [5.74, 6) is 1.73. The Balaban J connectivity index is 2.17. The second-order valence-corrected chi connectivity index (χ2v) is 5.08. The van der Waals surface area contributed by atoms with Crippen LogP contribution in [-0.2, 0) is 13.0 Å². The van der Waals surface area contributed by atoms with Gasteiger partial charge in [0.25, 0.3) is 0 Å². The summed E-state index contributed by atoms with van der Waals surface area (Å²) >= 11 is 5.87. The van der Waals surface area contributed by atoms with Crippen molar-refractivity contribution in [2.75, 3.05) is 18.2 Å². The normalized spacial score (nSPS) is 10.4. The first-order valence-electron chi connectivity index (χ1n) is 6.82. The molecule has 0 unspecified atom stereocenters. The van der Waals surface area contributed by atoms with E-state index in [0.717, 1.165) is 24.2 Å². The Labute approximate surface area is 129 Å². The highest BCUT2D eigenvalue weighted by molar-refractivity contribution is 6.30.